The number of amides is 2. The molecular formula is C23H19ClN4O2S2. The van der Waals surface area contributed by atoms with Crippen molar-refractivity contribution in [2.75, 3.05) is 10.6 Å². The van der Waals surface area contributed by atoms with Crippen molar-refractivity contribution in [2.45, 2.75) is 19.8 Å². The molecule has 0 saturated carbocycles. The lowest BCUT2D eigenvalue weighted by Gasteiger charge is -2.03. The molecule has 0 aliphatic carbocycles. The number of rotatable bonds is 7. The molecule has 2 heterocycles. The summed E-state index contributed by atoms with van der Waals surface area (Å²) in [6.07, 6.45) is 0.871. The lowest BCUT2D eigenvalue weighted by molar-refractivity contribution is -0.116. The summed E-state index contributed by atoms with van der Waals surface area (Å²) in [5, 5.41) is 11.5. The van der Waals surface area contributed by atoms with Crippen molar-refractivity contribution in [3.63, 3.8) is 0 Å². The van der Waals surface area contributed by atoms with Gasteiger partial charge in [0.15, 0.2) is 5.13 Å². The predicted molar refractivity (Wildman–Crippen MR) is 131 cm³/mol. The number of anilines is 2. The van der Waals surface area contributed by atoms with E-state index in [4.69, 9.17) is 11.6 Å². The topological polar surface area (TPSA) is 84.0 Å². The summed E-state index contributed by atoms with van der Waals surface area (Å²) < 4.78 is 0. The molecule has 9 heteroatoms. The number of aromatic nitrogens is 2. The standard InChI is InChI=1S/C23H19ClN4O2S2/c1-14(29)25-18-7-5-16(6-8-18)20-13-32-23(27-20)28-21(30)11-19-12-31-22(26-19)10-15-3-2-4-17(24)9-15/h2-9,12-13H,10-11H2,1H3,(H,25,29)(H,27,28,30). The van der Waals surface area contributed by atoms with Gasteiger partial charge in [0.1, 0.15) is 0 Å². The van der Waals surface area contributed by atoms with E-state index in [0.717, 1.165) is 33.2 Å². The Hall–Kier alpha value is -3.07. The summed E-state index contributed by atoms with van der Waals surface area (Å²) in [7, 11) is 0. The second kappa shape index (κ2) is 10.0. The fourth-order valence-corrected chi connectivity index (χ4v) is 4.83. The van der Waals surface area contributed by atoms with Crippen LogP contribution in [0.5, 0.6) is 0 Å². The Kier molecular flexibility index (Phi) is 6.94. The number of nitrogens with zero attached hydrogens (tertiary/aromatic N) is 2. The van der Waals surface area contributed by atoms with Gasteiger partial charge in [-0.25, -0.2) is 9.97 Å². The van der Waals surface area contributed by atoms with E-state index in [1.165, 1.54) is 29.6 Å². The third-order valence-electron chi connectivity index (χ3n) is 4.44. The minimum atomic E-state index is -0.161. The van der Waals surface area contributed by atoms with Crippen LogP contribution in [-0.4, -0.2) is 21.8 Å². The van der Waals surface area contributed by atoms with Crippen molar-refractivity contribution in [3.05, 3.63) is 80.6 Å². The Morgan fingerprint density at radius 1 is 1.00 bits per heavy atom. The minimum absolute atomic E-state index is 0.117. The van der Waals surface area contributed by atoms with Crippen LogP contribution >= 0.6 is 34.3 Å². The van der Waals surface area contributed by atoms with E-state index in [0.29, 0.717) is 16.6 Å². The van der Waals surface area contributed by atoms with E-state index in [2.05, 4.69) is 20.6 Å². The Morgan fingerprint density at radius 3 is 2.56 bits per heavy atom. The van der Waals surface area contributed by atoms with Crippen molar-refractivity contribution in [3.8, 4) is 11.3 Å². The Bertz CT molecular complexity index is 1250. The molecule has 0 fully saturated rings. The maximum absolute atomic E-state index is 12.4. The van der Waals surface area contributed by atoms with E-state index < -0.39 is 0 Å². The molecule has 0 bridgehead atoms. The van der Waals surface area contributed by atoms with Crippen LogP contribution in [0.25, 0.3) is 11.3 Å². The van der Waals surface area contributed by atoms with Crippen LogP contribution in [0.2, 0.25) is 5.02 Å². The van der Waals surface area contributed by atoms with Crippen LogP contribution in [0.4, 0.5) is 10.8 Å². The van der Waals surface area contributed by atoms with Crippen LogP contribution in [0.1, 0.15) is 23.2 Å². The van der Waals surface area contributed by atoms with Gasteiger partial charge in [-0.15, -0.1) is 22.7 Å². The lowest BCUT2D eigenvalue weighted by Crippen LogP contribution is -2.14. The highest BCUT2D eigenvalue weighted by Gasteiger charge is 2.12. The molecule has 0 atom stereocenters. The van der Waals surface area contributed by atoms with Crippen molar-refractivity contribution < 1.29 is 9.59 Å². The van der Waals surface area contributed by atoms with Crippen LogP contribution in [0, 0.1) is 0 Å². The van der Waals surface area contributed by atoms with E-state index in [-0.39, 0.29) is 18.2 Å². The molecule has 2 aromatic heterocycles. The summed E-state index contributed by atoms with van der Waals surface area (Å²) in [6.45, 7) is 1.47. The summed E-state index contributed by atoms with van der Waals surface area (Å²) in [4.78, 5) is 32.6. The first kappa shape index (κ1) is 22.1. The molecule has 2 amide bonds. The molecular weight excluding hydrogens is 464 g/mol. The molecule has 32 heavy (non-hydrogen) atoms. The second-order valence-electron chi connectivity index (χ2n) is 7.06. The predicted octanol–water partition coefficient (Wildman–Crippen LogP) is 5.65. The summed E-state index contributed by atoms with van der Waals surface area (Å²) >= 11 is 8.93. The number of hydrogen-bond acceptors (Lipinski definition) is 6. The first-order valence-corrected chi connectivity index (χ1v) is 11.9. The average Bonchev–Trinajstić information content (AvgIpc) is 3.38. The van der Waals surface area contributed by atoms with Gasteiger partial charge in [0, 0.05) is 40.4 Å². The third kappa shape index (κ3) is 6.00. The van der Waals surface area contributed by atoms with Gasteiger partial charge in [-0.2, -0.15) is 0 Å². The molecule has 4 rings (SSSR count). The number of halogens is 1. The quantitative estimate of drug-likeness (QED) is 0.356. The maximum atomic E-state index is 12.4. The molecule has 0 spiro atoms. The van der Waals surface area contributed by atoms with Gasteiger partial charge >= 0.3 is 0 Å². The van der Waals surface area contributed by atoms with Crippen molar-refractivity contribution in [1.82, 2.24) is 9.97 Å². The van der Waals surface area contributed by atoms with Gasteiger partial charge in [-0.3, -0.25) is 9.59 Å². The van der Waals surface area contributed by atoms with Crippen LogP contribution in [0.15, 0.2) is 59.3 Å². The molecule has 0 aliphatic rings. The summed E-state index contributed by atoms with van der Waals surface area (Å²) in [5.74, 6) is -0.278. The highest BCUT2D eigenvalue weighted by molar-refractivity contribution is 7.14. The number of hydrogen-bond donors (Lipinski definition) is 2. The zero-order chi connectivity index (χ0) is 22.5. The highest BCUT2D eigenvalue weighted by Crippen LogP contribution is 2.26. The molecule has 162 valence electrons. The van der Waals surface area contributed by atoms with E-state index in [1.54, 1.807) is 0 Å². The molecule has 6 nitrogen and oxygen atoms in total. The number of benzene rings is 2. The van der Waals surface area contributed by atoms with Crippen LogP contribution < -0.4 is 10.6 Å². The largest absolute Gasteiger partial charge is 0.326 e. The van der Waals surface area contributed by atoms with Gasteiger partial charge in [0.05, 0.1) is 22.8 Å². The van der Waals surface area contributed by atoms with Crippen molar-refractivity contribution in [1.29, 1.82) is 0 Å². The average molecular weight is 483 g/mol. The van der Waals surface area contributed by atoms with Gasteiger partial charge in [0.25, 0.3) is 0 Å². The highest BCUT2D eigenvalue weighted by atomic mass is 35.5. The fraction of sp³-hybridized carbons (Fsp3) is 0.130. The monoisotopic (exact) mass is 482 g/mol. The van der Waals surface area contributed by atoms with Gasteiger partial charge in [-0.05, 0) is 29.8 Å². The van der Waals surface area contributed by atoms with Crippen LogP contribution in [0.3, 0.4) is 0 Å². The molecule has 0 aliphatic heterocycles. The molecule has 0 saturated heterocycles. The molecule has 0 radical (unpaired) electrons. The zero-order valence-corrected chi connectivity index (χ0v) is 19.5. The Labute approximate surface area is 198 Å². The molecule has 2 aromatic carbocycles. The van der Waals surface area contributed by atoms with Gasteiger partial charge < -0.3 is 10.6 Å². The number of carbonyl (C=O) groups is 2. The van der Waals surface area contributed by atoms with Crippen molar-refractivity contribution >= 4 is 56.9 Å². The van der Waals surface area contributed by atoms with Crippen molar-refractivity contribution in [2.24, 2.45) is 0 Å². The number of carbonyl (C=O) groups excluding carboxylic acids is 2. The lowest BCUT2D eigenvalue weighted by atomic mass is 10.1. The normalized spacial score (nSPS) is 10.7. The van der Waals surface area contributed by atoms with E-state index in [1.807, 2.05) is 59.3 Å². The first-order valence-electron chi connectivity index (χ1n) is 9.76. The third-order valence-corrected chi connectivity index (χ3v) is 6.33. The van der Waals surface area contributed by atoms with E-state index in [9.17, 15) is 9.59 Å². The fourth-order valence-electron chi connectivity index (χ4n) is 3.05. The Morgan fingerprint density at radius 2 is 1.81 bits per heavy atom. The smallest absolute Gasteiger partial charge is 0.232 e. The molecule has 4 aromatic rings. The first-order chi connectivity index (χ1) is 15.4. The summed E-state index contributed by atoms with van der Waals surface area (Å²) in [6, 6.07) is 15.1. The van der Waals surface area contributed by atoms with Crippen LogP contribution in [-0.2, 0) is 22.4 Å². The zero-order valence-electron chi connectivity index (χ0n) is 17.1. The number of thiazole rings is 2. The summed E-state index contributed by atoms with van der Waals surface area (Å²) in [5.41, 5.74) is 4.21. The second-order valence-corrected chi connectivity index (χ2v) is 9.30. The van der Waals surface area contributed by atoms with E-state index >= 15 is 0 Å². The Balaban J connectivity index is 1.33. The molecule has 0 unspecified atom stereocenters. The van der Waals surface area contributed by atoms with Gasteiger partial charge in [0.2, 0.25) is 11.8 Å². The maximum Gasteiger partial charge on any atom is 0.232 e. The number of nitrogens with one attached hydrogen (secondary N) is 2. The van der Waals surface area contributed by atoms with Gasteiger partial charge in [-0.1, -0.05) is 35.9 Å². The minimum Gasteiger partial charge on any atom is -0.326 e. The SMILES string of the molecule is CC(=O)Nc1ccc(-c2csc(NC(=O)Cc3csc(Cc4cccc(Cl)c4)n3)n2)cc1. The molecule has 2 N–H and O–H groups in total.